The third-order valence-electron chi connectivity index (χ3n) is 1.45. The lowest BCUT2D eigenvalue weighted by Crippen LogP contribution is -2.28. The number of nitrogens with two attached hydrogens (primary N) is 1. The SMILES string of the molecule is Nc1cnc(NC(CO)CO)nc1. The number of rotatable bonds is 4. The van der Waals surface area contributed by atoms with Gasteiger partial charge in [-0.25, -0.2) is 9.97 Å². The lowest BCUT2D eigenvalue weighted by molar-refractivity contribution is 0.203. The largest absolute Gasteiger partial charge is 0.396 e. The Bertz CT molecular complexity index is 247. The van der Waals surface area contributed by atoms with Crippen molar-refractivity contribution in [1.82, 2.24) is 9.97 Å². The van der Waals surface area contributed by atoms with Gasteiger partial charge in [-0.05, 0) is 0 Å². The number of aromatic nitrogens is 2. The fourth-order valence-corrected chi connectivity index (χ4v) is 0.744. The van der Waals surface area contributed by atoms with Gasteiger partial charge in [0.25, 0.3) is 0 Å². The highest BCUT2D eigenvalue weighted by molar-refractivity contribution is 5.36. The van der Waals surface area contributed by atoms with E-state index in [0.717, 1.165) is 0 Å². The van der Waals surface area contributed by atoms with Crippen LogP contribution in [0.2, 0.25) is 0 Å². The quantitative estimate of drug-likeness (QED) is 0.469. The number of aliphatic hydroxyl groups is 2. The zero-order valence-corrected chi connectivity index (χ0v) is 7.01. The summed E-state index contributed by atoms with van der Waals surface area (Å²) in [6, 6.07) is -0.441. The van der Waals surface area contributed by atoms with Crippen molar-refractivity contribution in [2.45, 2.75) is 6.04 Å². The summed E-state index contributed by atoms with van der Waals surface area (Å²) in [6.45, 7) is -0.353. The summed E-state index contributed by atoms with van der Waals surface area (Å²) in [4.78, 5) is 7.69. The highest BCUT2D eigenvalue weighted by Crippen LogP contribution is 2.01. The number of hydrogen-bond acceptors (Lipinski definition) is 6. The molecule has 0 aliphatic heterocycles. The van der Waals surface area contributed by atoms with Gasteiger partial charge in [0, 0.05) is 0 Å². The van der Waals surface area contributed by atoms with E-state index in [2.05, 4.69) is 15.3 Å². The van der Waals surface area contributed by atoms with Gasteiger partial charge >= 0.3 is 0 Å². The highest BCUT2D eigenvalue weighted by Gasteiger charge is 2.05. The molecule has 1 aromatic rings. The second kappa shape index (κ2) is 4.58. The maximum atomic E-state index is 8.74. The Morgan fingerprint density at radius 1 is 1.31 bits per heavy atom. The molecule has 5 N–H and O–H groups in total. The monoisotopic (exact) mass is 184 g/mol. The lowest BCUT2D eigenvalue weighted by atomic mass is 10.3. The second-order valence-corrected chi connectivity index (χ2v) is 2.55. The molecule has 0 amide bonds. The van der Waals surface area contributed by atoms with Gasteiger partial charge in [0.1, 0.15) is 0 Å². The standard InChI is InChI=1S/C7H12N4O2/c8-5-1-9-7(10-2-5)11-6(3-12)4-13/h1-2,6,12-13H,3-4,8H2,(H,9,10,11). The van der Waals surface area contributed by atoms with Gasteiger partial charge in [-0.15, -0.1) is 0 Å². The van der Waals surface area contributed by atoms with Crippen molar-refractivity contribution < 1.29 is 10.2 Å². The first-order valence-corrected chi connectivity index (χ1v) is 3.82. The van der Waals surface area contributed by atoms with Crippen molar-refractivity contribution in [3.05, 3.63) is 12.4 Å². The van der Waals surface area contributed by atoms with Gasteiger partial charge in [0.2, 0.25) is 5.95 Å². The summed E-state index contributed by atoms with van der Waals surface area (Å²) in [6.07, 6.45) is 2.89. The van der Waals surface area contributed by atoms with Crippen molar-refractivity contribution in [2.24, 2.45) is 0 Å². The Hall–Kier alpha value is -1.40. The Labute approximate surface area is 75.4 Å². The fraction of sp³-hybridized carbons (Fsp3) is 0.429. The number of nitrogen functional groups attached to an aromatic ring is 1. The predicted octanol–water partition coefficient (Wildman–Crippen LogP) is -1.18. The minimum absolute atomic E-state index is 0.176. The van der Waals surface area contributed by atoms with Crippen LogP contribution in [0.3, 0.4) is 0 Å². The predicted molar refractivity (Wildman–Crippen MR) is 48.0 cm³/mol. The van der Waals surface area contributed by atoms with Crippen molar-refractivity contribution in [3.63, 3.8) is 0 Å². The molecule has 0 atom stereocenters. The van der Waals surface area contributed by atoms with E-state index in [1.165, 1.54) is 12.4 Å². The van der Waals surface area contributed by atoms with E-state index in [1.807, 2.05) is 0 Å². The summed E-state index contributed by atoms with van der Waals surface area (Å²) in [5.74, 6) is 0.335. The van der Waals surface area contributed by atoms with E-state index in [9.17, 15) is 0 Å². The lowest BCUT2D eigenvalue weighted by Gasteiger charge is -2.12. The van der Waals surface area contributed by atoms with Gasteiger partial charge in [-0.3, -0.25) is 0 Å². The first-order valence-electron chi connectivity index (χ1n) is 3.82. The molecule has 0 aliphatic carbocycles. The van der Waals surface area contributed by atoms with Crippen molar-refractivity contribution >= 4 is 11.6 Å². The van der Waals surface area contributed by atoms with Gasteiger partial charge in [-0.1, -0.05) is 0 Å². The molecular formula is C7H12N4O2. The van der Waals surface area contributed by atoms with Gasteiger partial charge in [0.05, 0.1) is 37.3 Å². The molecule has 0 fully saturated rings. The maximum Gasteiger partial charge on any atom is 0.223 e. The summed E-state index contributed by atoms with van der Waals surface area (Å²) in [5.41, 5.74) is 5.84. The Morgan fingerprint density at radius 2 is 1.85 bits per heavy atom. The van der Waals surface area contributed by atoms with Crippen LogP contribution in [0.25, 0.3) is 0 Å². The molecule has 0 saturated heterocycles. The molecule has 1 heterocycles. The zero-order valence-electron chi connectivity index (χ0n) is 7.01. The molecular weight excluding hydrogens is 172 g/mol. The van der Waals surface area contributed by atoms with Crippen LogP contribution in [0.4, 0.5) is 11.6 Å². The van der Waals surface area contributed by atoms with Crippen LogP contribution in [0, 0.1) is 0 Å². The van der Waals surface area contributed by atoms with Crippen molar-refractivity contribution in [1.29, 1.82) is 0 Å². The van der Waals surface area contributed by atoms with Crippen molar-refractivity contribution in [2.75, 3.05) is 24.3 Å². The maximum absolute atomic E-state index is 8.74. The number of aliphatic hydroxyl groups excluding tert-OH is 2. The van der Waals surface area contributed by atoms with Crippen LogP contribution in [0.5, 0.6) is 0 Å². The average Bonchev–Trinajstić information content (AvgIpc) is 2.17. The van der Waals surface area contributed by atoms with Crippen LogP contribution < -0.4 is 11.1 Å². The van der Waals surface area contributed by atoms with E-state index >= 15 is 0 Å². The van der Waals surface area contributed by atoms with Crippen LogP contribution in [-0.4, -0.2) is 39.4 Å². The van der Waals surface area contributed by atoms with E-state index in [-0.39, 0.29) is 13.2 Å². The van der Waals surface area contributed by atoms with Gasteiger partial charge < -0.3 is 21.3 Å². The van der Waals surface area contributed by atoms with E-state index < -0.39 is 6.04 Å². The molecule has 1 aromatic heterocycles. The molecule has 0 saturated carbocycles. The molecule has 6 heteroatoms. The Balaban J connectivity index is 2.58. The van der Waals surface area contributed by atoms with Crippen molar-refractivity contribution in [3.8, 4) is 0 Å². The normalized spacial score (nSPS) is 10.4. The first-order chi connectivity index (χ1) is 6.26. The summed E-state index contributed by atoms with van der Waals surface area (Å²) < 4.78 is 0. The topological polar surface area (TPSA) is 104 Å². The summed E-state index contributed by atoms with van der Waals surface area (Å²) in [7, 11) is 0. The number of nitrogens with zero attached hydrogens (tertiary/aromatic N) is 2. The van der Waals surface area contributed by atoms with Crippen LogP contribution in [-0.2, 0) is 0 Å². The molecule has 13 heavy (non-hydrogen) atoms. The highest BCUT2D eigenvalue weighted by atomic mass is 16.3. The number of anilines is 2. The summed E-state index contributed by atoms with van der Waals surface area (Å²) in [5, 5.41) is 20.2. The average molecular weight is 184 g/mol. The fourth-order valence-electron chi connectivity index (χ4n) is 0.744. The molecule has 6 nitrogen and oxygen atoms in total. The Morgan fingerprint density at radius 3 is 2.31 bits per heavy atom. The smallest absolute Gasteiger partial charge is 0.223 e. The molecule has 0 bridgehead atoms. The van der Waals surface area contributed by atoms with Gasteiger partial charge in [0.15, 0.2) is 0 Å². The third-order valence-corrected chi connectivity index (χ3v) is 1.45. The molecule has 0 aromatic carbocycles. The van der Waals surface area contributed by atoms with Crippen LogP contribution in [0.1, 0.15) is 0 Å². The van der Waals surface area contributed by atoms with Crippen LogP contribution >= 0.6 is 0 Å². The molecule has 0 spiro atoms. The molecule has 0 unspecified atom stereocenters. The Kier molecular flexibility index (Phi) is 3.41. The zero-order chi connectivity index (χ0) is 9.68. The third kappa shape index (κ3) is 2.85. The van der Waals surface area contributed by atoms with E-state index in [0.29, 0.717) is 11.6 Å². The summed E-state index contributed by atoms with van der Waals surface area (Å²) >= 11 is 0. The first kappa shape index (κ1) is 9.69. The van der Waals surface area contributed by atoms with E-state index in [1.54, 1.807) is 0 Å². The molecule has 0 radical (unpaired) electrons. The number of nitrogens with one attached hydrogen (secondary N) is 1. The molecule has 0 aliphatic rings. The van der Waals surface area contributed by atoms with Gasteiger partial charge in [-0.2, -0.15) is 0 Å². The number of hydrogen-bond donors (Lipinski definition) is 4. The molecule has 1 rings (SSSR count). The van der Waals surface area contributed by atoms with E-state index in [4.69, 9.17) is 15.9 Å². The minimum Gasteiger partial charge on any atom is -0.396 e. The second-order valence-electron chi connectivity index (χ2n) is 2.55. The minimum atomic E-state index is -0.441. The van der Waals surface area contributed by atoms with Crippen LogP contribution in [0.15, 0.2) is 12.4 Å². The molecule has 72 valence electrons.